The quantitative estimate of drug-likeness (QED) is 0.161. The summed E-state index contributed by atoms with van der Waals surface area (Å²) in [7, 11) is 0. The molecule has 0 N–H and O–H groups in total. The Bertz CT molecular complexity index is 3780. The molecule has 0 saturated heterocycles. The van der Waals surface area contributed by atoms with E-state index >= 15 is 0 Å². The van der Waals surface area contributed by atoms with Crippen LogP contribution in [0.3, 0.4) is 0 Å². The molecule has 1 aliphatic rings. The molecule has 0 fully saturated rings. The van der Waals surface area contributed by atoms with Crippen LogP contribution in [-0.4, -0.2) is 0 Å². The molecule has 0 unspecified atom stereocenters. The molecule has 0 amide bonds. The van der Waals surface area contributed by atoms with Gasteiger partial charge in [0.1, 0.15) is 11.2 Å². The van der Waals surface area contributed by atoms with Gasteiger partial charge in [-0.1, -0.05) is 178 Å². The second kappa shape index (κ2) is 13.5. The summed E-state index contributed by atoms with van der Waals surface area (Å²) >= 11 is 0. The molecular weight excluding hydrogens is 763 g/mol. The Labute approximate surface area is 365 Å². The van der Waals surface area contributed by atoms with E-state index in [1.807, 2.05) is 0 Å². The molecule has 1 heterocycles. The summed E-state index contributed by atoms with van der Waals surface area (Å²) in [6.45, 7) is 4.71. The summed E-state index contributed by atoms with van der Waals surface area (Å²) in [6, 6.07) is 77.8. The summed E-state index contributed by atoms with van der Waals surface area (Å²) in [5.74, 6) is 0. The van der Waals surface area contributed by atoms with Gasteiger partial charge in [0.25, 0.3) is 0 Å². The van der Waals surface area contributed by atoms with E-state index in [9.17, 15) is 0 Å². The van der Waals surface area contributed by atoms with Gasteiger partial charge in [-0.3, -0.25) is 0 Å². The first kappa shape index (κ1) is 35.8. The van der Waals surface area contributed by atoms with Crippen LogP contribution in [0.2, 0.25) is 0 Å². The van der Waals surface area contributed by atoms with Crippen molar-refractivity contribution in [3.05, 3.63) is 223 Å². The van der Waals surface area contributed by atoms with Crippen molar-refractivity contribution in [1.82, 2.24) is 0 Å². The van der Waals surface area contributed by atoms with Crippen LogP contribution in [-0.2, 0) is 5.41 Å². The number of anilines is 3. The van der Waals surface area contributed by atoms with Crippen molar-refractivity contribution in [3.63, 3.8) is 0 Å². The lowest BCUT2D eigenvalue weighted by Crippen LogP contribution is -2.14. The van der Waals surface area contributed by atoms with Crippen LogP contribution in [0.15, 0.2) is 217 Å². The summed E-state index contributed by atoms with van der Waals surface area (Å²) < 4.78 is 7.17. The number of hydrogen-bond acceptors (Lipinski definition) is 2. The van der Waals surface area contributed by atoms with Crippen LogP contribution in [0.5, 0.6) is 0 Å². The molecule has 0 aliphatic heterocycles. The van der Waals surface area contributed by atoms with E-state index in [-0.39, 0.29) is 5.41 Å². The first-order valence-corrected chi connectivity index (χ1v) is 21.9. The van der Waals surface area contributed by atoms with Gasteiger partial charge in [-0.2, -0.15) is 0 Å². The van der Waals surface area contributed by atoms with E-state index in [1.54, 1.807) is 0 Å². The van der Waals surface area contributed by atoms with Crippen LogP contribution in [0, 0.1) is 0 Å². The maximum atomic E-state index is 7.17. The molecule has 0 bridgehead atoms. The summed E-state index contributed by atoms with van der Waals surface area (Å²) in [4.78, 5) is 2.43. The number of nitrogens with zero attached hydrogens (tertiary/aromatic N) is 1. The van der Waals surface area contributed by atoms with Gasteiger partial charge in [-0.05, 0) is 131 Å². The highest BCUT2D eigenvalue weighted by atomic mass is 16.3. The third-order valence-corrected chi connectivity index (χ3v) is 13.8. The molecule has 11 aromatic carbocycles. The molecule has 296 valence electrons. The zero-order chi connectivity index (χ0) is 41.8. The third-order valence-electron chi connectivity index (χ3n) is 13.8. The zero-order valence-corrected chi connectivity index (χ0v) is 35.1. The van der Waals surface area contributed by atoms with Crippen LogP contribution in [0.4, 0.5) is 17.1 Å². The lowest BCUT2D eigenvalue weighted by Gasteiger charge is -2.27. The third kappa shape index (κ3) is 5.31. The van der Waals surface area contributed by atoms with Crippen molar-refractivity contribution in [2.24, 2.45) is 0 Å². The largest absolute Gasteiger partial charge is 0.455 e. The Morgan fingerprint density at radius 2 is 0.968 bits per heavy atom. The molecule has 63 heavy (non-hydrogen) atoms. The fraction of sp³-hybridized carbons (Fsp3) is 0.0492. The number of furan rings is 1. The van der Waals surface area contributed by atoms with Gasteiger partial charge >= 0.3 is 0 Å². The first-order chi connectivity index (χ1) is 31.0. The Morgan fingerprint density at radius 1 is 0.381 bits per heavy atom. The topological polar surface area (TPSA) is 16.4 Å². The molecule has 1 aliphatic carbocycles. The molecule has 0 saturated carbocycles. The minimum atomic E-state index is -0.124. The molecular formula is C61H41NO. The van der Waals surface area contributed by atoms with Gasteiger partial charge < -0.3 is 9.32 Å². The van der Waals surface area contributed by atoms with Gasteiger partial charge in [0, 0.05) is 27.7 Å². The normalized spacial score (nSPS) is 13.0. The summed E-state index contributed by atoms with van der Waals surface area (Å²) in [5.41, 5.74) is 14.9. The van der Waals surface area contributed by atoms with Gasteiger partial charge in [0.15, 0.2) is 0 Å². The predicted molar refractivity (Wildman–Crippen MR) is 267 cm³/mol. The Balaban J connectivity index is 1.08. The van der Waals surface area contributed by atoms with Crippen molar-refractivity contribution < 1.29 is 4.42 Å². The summed E-state index contributed by atoms with van der Waals surface area (Å²) in [5, 5.41) is 12.1. The molecule has 2 heteroatoms. The Hall–Kier alpha value is -7.94. The molecule has 1 aromatic heterocycles. The van der Waals surface area contributed by atoms with Crippen molar-refractivity contribution in [1.29, 1.82) is 0 Å². The van der Waals surface area contributed by atoms with Gasteiger partial charge in [-0.15, -0.1) is 0 Å². The lowest BCUT2D eigenvalue weighted by atomic mass is 9.81. The SMILES string of the molecule is CC1(C)c2ccccc2-c2ccc(-c3c4ccccc4cc4c3oc3cccc(N(c5ccc(-c6ccccc6)cc5)c5ccc6c7ccccc7c7ccccc7c6c5)c34)cc21. The first-order valence-electron chi connectivity index (χ1n) is 21.9. The van der Waals surface area contributed by atoms with E-state index in [2.05, 4.69) is 231 Å². The monoisotopic (exact) mass is 803 g/mol. The number of fused-ring (bicyclic) bond motifs is 13. The van der Waals surface area contributed by atoms with Crippen molar-refractivity contribution >= 4 is 82.1 Å². The molecule has 13 rings (SSSR count). The van der Waals surface area contributed by atoms with Gasteiger partial charge in [-0.25, -0.2) is 0 Å². The van der Waals surface area contributed by atoms with E-state index < -0.39 is 0 Å². The molecule has 0 atom stereocenters. The molecule has 0 spiro atoms. The second-order valence-corrected chi connectivity index (χ2v) is 17.6. The zero-order valence-electron chi connectivity index (χ0n) is 35.1. The van der Waals surface area contributed by atoms with Crippen LogP contribution >= 0.6 is 0 Å². The summed E-state index contributed by atoms with van der Waals surface area (Å²) in [6.07, 6.45) is 0. The predicted octanol–water partition coefficient (Wildman–Crippen LogP) is 17.3. The minimum Gasteiger partial charge on any atom is -0.455 e. The maximum absolute atomic E-state index is 7.17. The molecule has 0 radical (unpaired) electrons. The van der Waals surface area contributed by atoms with Gasteiger partial charge in [0.2, 0.25) is 0 Å². The molecule has 2 nitrogen and oxygen atoms in total. The highest BCUT2D eigenvalue weighted by Gasteiger charge is 2.35. The van der Waals surface area contributed by atoms with Crippen LogP contribution in [0.1, 0.15) is 25.0 Å². The standard InChI is InChI=1S/C61H41NO/c1-61(2)54-24-13-12-23-50(54)51-33-29-41(36-55(51)61)58-44-18-7-6-17-40(44)35-53-59-56(25-14-26-57(59)63-60(53)58)62(42-30-27-39(28-31-42)38-15-4-3-5-16-38)43-32-34-49-47-21-9-8-19-45(47)46-20-10-11-22-48(46)52(49)37-43/h3-37H,1-2H3. The lowest BCUT2D eigenvalue weighted by molar-refractivity contribution is 0.660. The number of benzene rings is 11. The van der Waals surface area contributed by atoms with Crippen molar-refractivity contribution in [3.8, 4) is 33.4 Å². The fourth-order valence-electron chi connectivity index (χ4n) is 10.8. The highest BCUT2D eigenvalue weighted by Crippen LogP contribution is 2.52. The smallest absolute Gasteiger partial charge is 0.143 e. The Morgan fingerprint density at radius 3 is 1.73 bits per heavy atom. The second-order valence-electron chi connectivity index (χ2n) is 17.6. The van der Waals surface area contributed by atoms with Crippen LogP contribution in [0.25, 0.3) is 98.4 Å². The van der Waals surface area contributed by atoms with Crippen LogP contribution < -0.4 is 4.90 Å². The highest BCUT2D eigenvalue weighted by molar-refractivity contribution is 6.26. The van der Waals surface area contributed by atoms with E-state index in [0.29, 0.717) is 0 Å². The Kier molecular flexibility index (Phi) is 7.68. The number of rotatable bonds is 5. The van der Waals surface area contributed by atoms with E-state index in [1.165, 1.54) is 82.0 Å². The van der Waals surface area contributed by atoms with Crippen molar-refractivity contribution in [2.75, 3.05) is 4.90 Å². The van der Waals surface area contributed by atoms with Gasteiger partial charge in [0.05, 0.1) is 11.1 Å². The maximum Gasteiger partial charge on any atom is 0.143 e. The minimum absolute atomic E-state index is 0.124. The number of hydrogen-bond donors (Lipinski definition) is 0. The van der Waals surface area contributed by atoms with E-state index in [4.69, 9.17) is 4.42 Å². The van der Waals surface area contributed by atoms with Crippen molar-refractivity contribution in [2.45, 2.75) is 19.3 Å². The fourth-order valence-corrected chi connectivity index (χ4v) is 10.8. The van der Waals surface area contributed by atoms with E-state index in [0.717, 1.165) is 44.6 Å². The average molecular weight is 804 g/mol. The average Bonchev–Trinajstić information content (AvgIpc) is 3.82. The molecule has 12 aromatic rings.